The van der Waals surface area contributed by atoms with Gasteiger partial charge in [-0.25, -0.2) is 4.79 Å². The fourth-order valence-corrected chi connectivity index (χ4v) is 0.740. The zero-order valence-corrected chi connectivity index (χ0v) is 8.89. The monoisotopic (exact) mass is 185 g/mol. The van der Waals surface area contributed by atoms with E-state index in [-0.39, 0.29) is 5.41 Å². The van der Waals surface area contributed by atoms with Crippen molar-refractivity contribution in [3.8, 4) is 0 Å². The number of esters is 1. The highest BCUT2D eigenvalue weighted by atomic mass is 16.6. The van der Waals surface area contributed by atoms with E-state index >= 15 is 0 Å². The van der Waals surface area contributed by atoms with E-state index in [1.165, 1.54) is 0 Å². The number of hydrogen-bond donors (Lipinski definition) is 1. The fraction of sp³-hybridized carbons (Fsp3) is 0.700. The van der Waals surface area contributed by atoms with Crippen molar-refractivity contribution < 1.29 is 9.53 Å². The van der Waals surface area contributed by atoms with Crippen LogP contribution in [0, 0.1) is 5.41 Å². The van der Waals surface area contributed by atoms with Gasteiger partial charge in [0, 0.05) is 11.5 Å². The molecule has 13 heavy (non-hydrogen) atoms. The molecule has 0 aromatic heterocycles. The lowest BCUT2D eigenvalue weighted by molar-refractivity contribution is -0.164. The van der Waals surface area contributed by atoms with Crippen LogP contribution in [-0.2, 0) is 9.53 Å². The van der Waals surface area contributed by atoms with Crippen LogP contribution in [0.25, 0.3) is 0 Å². The highest BCUT2D eigenvalue weighted by Gasteiger charge is 2.39. The number of ether oxygens (including phenoxy) is 1. The van der Waals surface area contributed by atoms with Gasteiger partial charge in [-0.2, -0.15) is 0 Å². The lowest BCUT2D eigenvalue weighted by atomic mass is 9.80. The summed E-state index contributed by atoms with van der Waals surface area (Å²) in [5.74, 6) is -0.480. The summed E-state index contributed by atoms with van der Waals surface area (Å²) in [6.45, 7) is 11.0. The third-order valence-electron chi connectivity index (χ3n) is 2.71. The second kappa shape index (κ2) is 3.92. The van der Waals surface area contributed by atoms with Crippen molar-refractivity contribution in [3.05, 3.63) is 12.7 Å². The summed E-state index contributed by atoms with van der Waals surface area (Å²) >= 11 is 0. The molecule has 76 valence electrons. The van der Waals surface area contributed by atoms with Crippen LogP contribution in [0.3, 0.4) is 0 Å². The van der Waals surface area contributed by atoms with Crippen LogP contribution in [0.15, 0.2) is 12.7 Å². The average Bonchev–Trinajstić information content (AvgIpc) is 2.03. The minimum absolute atomic E-state index is 0.244. The molecule has 0 rings (SSSR count). The summed E-state index contributed by atoms with van der Waals surface area (Å²) in [5, 5.41) is 0. The SMILES string of the molecule is C=CC(=O)OC(C)(N)C(C)(C)CC. The van der Waals surface area contributed by atoms with Gasteiger partial charge in [-0.05, 0) is 13.3 Å². The maximum absolute atomic E-state index is 11.0. The first-order valence-electron chi connectivity index (χ1n) is 4.41. The van der Waals surface area contributed by atoms with Gasteiger partial charge in [0.2, 0.25) is 0 Å². The Labute approximate surface area is 79.9 Å². The maximum atomic E-state index is 11.0. The van der Waals surface area contributed by atoms with Crippen molar-refractivity contribution >= 4 is 5.97 Å². The zero-order valence-electron chi connectivity index (χ0n) is 8.89. The summed E-state index contributed by atoms with van der Waals surface area (Å²) in [5.41, 5.74) is 4.69. The summed E-state index contributed by atoms with van der Waals surface area (Å²) in [4.78, 5) is 11.0. The Balaban J connectivity index is 4.56. The number of carbonyl (C=O) groups is 1. The number of nitrogens with two attached hydrogens (primary N) is 1. The molecule has 1 unspecified atom stereocenters. The molecule has 0 aliphatic rings. The van der Waals surface area contributed by atoms with Gasteiger partial charge in [0.1, 0.15) is 0 Å². The molecule has 3 heteroatoms. The Morgan fingerprint density at radius 1 is 1.54 bits per heavy atom. The van der Waals surface area contributed by atoms with E-state index in [9.17, 15) is 4.79 Å². The molecule has 0 amide bonds. The van der Waals surface area contributed by atoms with Crippen LogP contribution >= 0.6 is 0 Å². The minimum atomic E-state index is -0.951. The third kappa shape index (κ3) is 2.84. The normalized spacial score (nSPS) is 16.1. The highest BCUT2D eigenvalue weighted by Crippen LogP contribution is 2.32. The summed E-state index contributed by atoms with van der Waals surface area (Å²) in [6, 6.07) is 0. The lowest BCUT2D eigenvalue weighted by Gasteiger charge is -2.39. The maximum Gasteiger partial charge on any atom is 0.331 e. The first-order chi connectivity index (χ1) is 5.77. The largest absolute Gasteiger partial charge is 0.441 e. The molecule has 2 N–H and O–H groups in total. The number of rotatable bonds is 4. The number of carbonyl (C=O) groups excluding carboxylic acids is 1. The standard InChI is InChI=1S/C10H19NO2/c1-6-8(12)13-10(5,11)9(3,4)7-2/h6H,1,7,11H2,2-5H3. The van der Waals surface area contributed by atoms with Crippen molar-refractivity contribution in [1.29, 1.82) is 0 Å². The van der Waals surface area contributed by atoms with Gasteiger partial charge >= 0.3 is 5.97 Å². The first-order valence-corrected chi connectivity index (χ1v) is 4.41. The predicted octanol–water partition coefficient (Wildman–Crippen LogP) is 1.83. The molecule has 0 aromatic carbocycles. The van der Waals surface area contributed by atoms with Gasteiger partial charge in [-0.1, -0.05) is 27.4 Å². The van der Waals surface area contributed by atoms with Gasteiger partial charge in [0.05, 0.1) is 0 Å². The second-order valence-electron chi connectivity index (χ2n) is 3.97. The molecule has 0 spiro atoms. The smallest absolute Gasteiger partial charge is 0.331 e. The van der Waals surface area contributed by atoms with Crippen molar-refractivity contribution in [3.63, 3.8) is 0 Å². The van der Waals surface area contributed by atoms with Crippen LogP contribution in [0.2, 0.25) is 0 Å². The van der Waals surface area contributed by atoms with Crippen LogP contribution in [0.5, 0.6) is 0 Å². The van der Waals surface area contributed by atoms with E-state index in [4.69, 9.17) is 10.5 Å². The molecular formula is C10H19NO2. The van der Waals surface area contributed by atoms with E-state index in [2.05, 4.69) is 6.58 Å². The van der Waals surface area contributed by atoms with Crippen LogP contribution < -0.4 is 5.73 Å². The van der Waals surface area contributed by atoms with E-state index in [1.807, 2.05) is 20.8 Å². The average molecular weight is 185 g/mol. The molecule has 0 aromatic rings. The summed E-state index contributed by atoms with van der Waals surface area (Å²) < 4.78 is 5.06. The molecule has 0 saturated carbocycles. The molecule has 0 radical (unpaired) electrons. The quantitative estimate of drug-likeness (QED) is 0.413. The molecular weight excluding hydrogens is 166 g/mol. The Bertz CT molecular complexity index is 207. The lowest BCUT2D eigenvalue weighted by Crippen LogP contribution is -2.53. The van der Waals surface area contributed by atoms with Gasteiger partial charge in [0.15, 0.2) is 5.72 Å². The third-order valence-corrected chi connectivity index (χ3v) is 2.71. The molecule has 0 aliphatic carbocycles. The zero-order chi connectivity index (χ0) is 10.7. The topological polar surface area (TPSA) is 52.3 Å². The molecule has 3 nitrogen and oxygen atoms in total. The van der Waals surface area contributed by atoms with E-state index in [0.717, 1.165) is 12.5 Å². The first kappa shape index (κ1) is 12.2. The van der Waals surface area contributed by atoms with Crippen LogP contribution in [0.1, 0.15) is 34.1 Å². The van der Waals surface area contributed by atoms with Gasteiger partial charge in [-0.15, -0.1) is 0 Å². The second-order valence-corrected chi connectivity index (χ2v) is 3.97. The van der Waals surface area contributed by atoms with E-state index < -0.39 is 11.7 Å². The van der Waals surface area contributed by atoms with Crippen molar-refractivity contribution in [2.24, 2.45) is 11.1 Å². The van der Waals surface area contributed by atoms with Crippen molar-refractivity contribution in [2.45, 2.75) is 39.8 Å². The minimum Gasteiger partial charge on any atom is -0.441 e. The van der Waals surface area contributed by atoms with Crippen molar-refractivity contribution in [1.82, 2.24) is 0 Å². The predicted molar refractivity (Wildman–Crippen MR) is 53.0 cm³/mol. The summed E-state index contributed by atoms with van der Waals surface area (Å²) in [6.07, 6.45) is 1.96. The van der Waals surface area contributed by atoms with Gasteiger partial charge in [-0.3, -0.25) is 5.73 Å². The summed E-state index contributed by atoms with van der Waals surface area (Å²) in [7, 11) is 0. The number of hydrogen-bond acceptors (Lipinski definition) is 3. The van der Waals surface area contributed by atoms with Gasteiger partial charge in [0.25, 0.3) is 0 Å². The van der Waals surface area contributed by atoms with Gasteiger partial charge < -0.3 is 4.74 Å². The Morgan fingerprint density at radius 3 is 2.31 bits per heavy atom. The molecule has 0 saturated heterocycles. The van der Waals surface area contributed by atoms with Crippen LogP contribution in [-0.4, -0.2) is 11.7 Å². The Morgan fingerprint density at radius 2 is 2.00 bits per heavy atom. The molecule has 0 heterocycles. The molecule has 1 atom stereocenters. The Hall–Kier alpha value is -0.830. The molecule has 0 aliphatic heterocycles. The van der Waals surface area contributed by atoms with Crippen LogP contribution in [0.4, 0.5) is 0 Å². The molecule has 0 fully saturated rings. The van der Waals surface area contributed by atoms with Crippen molar-refractivity contribution in [2.75, 3.05) is 0 Å². The molecule has 0 bridgehead atoms. The highest BCUT2D eigenvalue weighted by molar-refractivity contribution is 5.81. The van der Waals surface area contributed by atoms with E-state index in [1.54, 1.807) is 6.92 Å². The Kier molecular flexibility index (Phi) is 3.67. The van der Waals surface area contributed by atoms with E-state index in [0.29, 0.717) is 0 Å². The fourth-order valence-electron chi connectivity index (χ4n) is 0.740.